The van der Waals surface area contributed by atoms with Gasteiger partial charge in [-0.25, -0.2) is 0 Å². The second kappa shape index (κ2) is 4.47. The predicted octanol–water partition coefficient (Wildman–Crippen LogP) is 0.836. The average molecular weight is 182 g/mol. The van der Waals surface area contributed by atoms with Crippen LogP contribution in [0.5, 0.6) is 11.5 Å². The summed E-state index contributed by atoms with van der Waals surface area (Å²) in [7, 11) is 1.47. The number of rotatable bonds is 4. The Kier molecular flexibility index (Phi) is 3.28. The molecule has 0 saturated carbocycles. The van der Waals surface area contributed by atoms with Crippen molar-refractivity contribution in [2.75, 3.05) is 13.9 Å². The Hall–Kier alpha value is -1.55. The summed E-state index contributed by atoms with van der Waals surface area (Å²) in [5, 5.41) is 8.52. The lowest BCUT2D eigenvalue weighted by molar-refractivity contribution is 0.0954. The highest BCUT2D eigenvalue weighted by molar-refractivity contribution is 5.76. The molecule has 0 saturated heterocycles. The molecule has 1 rings (SSSR count). The second-order valence-electron chi connectivity index (χ2n) is 2.30. The fourth-order valence-corrected chi connectivity index (χ4v) is 0.946. The monoisotopic (exact) mass is 182 g/mol. The summed E-state index contributed by atoms with van der Waals surface area (Å²) in [5.74, 6) is 0.842. The van der Waals surface area contributed by atoms with Gasteiger partial charge in [-0.1, -0.05) is 0 Å². The van der Waals surface area contributed by atoms with E-state index in [1.54, 1.807) is 12.1 Å². The van der Waals surface area contributed by atoms with Crippen LogP contribution in [-0.2, 0) is 0 Å². The van der Waals surface area contributed by atoms with E-state index in [0.29, 0.717) is 23.3 Å². The van der Waals surface area contributed by atoms with Crippen molar-refractivity contribution in [2.24, 2.45) is 0 Å². The van der Waals surface area contributed by atoms with Crippen LogP contribution in [0, 0.1) is 0 Å². The Morgan fingerprint density at radius 1 is 1.46 bits per heavy atom. The Bertz CT molecular complexity index is 296. The summed E-state index contributed by atoms with van der Waals surface area (Å²) in [4.78, 5) is 10.4. The molecule has 0 heterocycles. The maximum atomic E-state index is 10.4. The van der Waals surface area contributed by atoms with Gasteiger partial charge in [-0.05, 0) is 18.2 Å². The van der Waals surface area contributed by atoms with Gasteiger partial charge in [0.25, 0.3) is 0 Å². The summed E-state index contributed by atoms with van der Waals surface area (Å²) >= 11 is 0. The molecular formula is C9H10O4. The van der Waals surface area contributed by atoms with Crippen LogP contribution >= 0.6 is 0 Å². The quantitative estimate of drug-likeness (QED) is 0.553. The molecule has 0 amide bonds. The molecule has 0 bridgehead atoms. The normalized spacial score (nSPS) is 9.38. The minimum Gasteiger partial charge on any atom is -0.493 e. The number of ether oxygens (including phenoxy) is 2. The molecule has 0 aliphatic rings. The van der Waals surface area contributed by atoms with E-state index >= 15 is 0 Å². The highest BCUT2D eigenvalue weighted by Gasteiger charge is 2.04. The fourth-order valence-electron chi connectivity index (χ4n) is 0.946. The van der Waals surface area contributed by atoms with Crippen molar-refractivity contribution in [1.29, 1.82) is 0 Å². The maximum Gasteiger partial charge on any atom is 0.186 e. The molecule has 4 heteroatoms. The molecule has 13 heavy (non-hydrogen) atoms. The van der Waals surface area contributed by atoms with E-state index in [2.05, 4.69) is 0 Å². The lowest BCUT2D eigenvalue weighted by atomic mass is 10.2. The van der Waals surface area contributed by atoms with Crippen LogP contribution in [0.15, 0.2) is 18.2 Å². The van der Waals surface area contributed by atoms with E-state index in [1.165, 1.54) is 13.2 Å². The molecule has 0 atom stereocenters. The van der Waals surface area contributed by atoms with Gasteiger partial charge in [0, 0.05) is 5.56 Å². The summed E-state index contributed by atoms with van der Waals surface area (Å²) in [6.45, 7) is -0.420. The van der Waals surface area contributed by atoms with Crippen molar-refractivity contribution < 1.29 is 19.4 Å². The zero-order valence-corrected chi connectivity index (χ0v) is 7.19. The molecule has 0 spiro atoms. The van der Waals surface area contributed by atoms with E-state index in [0.717, 1.165) is 0 Å². The van der Waals surface area contributed by atoms with Crippen LogP contribution in [0.4, 0.5) is 0 Å². The second-order valence-corrected chi connectivity index (χ2v) is 2.30. The van der Waals surface area contributed by atoms with Gasteiger partial charge in [0.1, 0.15) is 6.29 Å². The lowest BCUT2D eigenvalue weighted by Gasteiger charge is -2.08. The number of hydrogen-bond donors (Lipinski definition) is 1. The standard InChI is InChI=1S/C9H10O4/c1-12-9-4-7(5-10)2-3-8(9)13-6-11/h2-5,11H,6H2,1H3. The summed E-state index contributed by atoms with van der Waals surface area (Å²) in [6.07, 6.45) is 0.714. The minimum absolute atomic E-state index is 0.413. The van der Waals surface area contributed by atoms with Crippen molar-refractivity contribution in [1.82, 2.24) is 0 Å². The number of carbonyl (C=O) groups is 1. The van der Waals surface area contributed by atoms with E-state index in [4.69, 9.17) is 14.6 Å². The third kappa shape index (κ3) is 2.19. The Balaban J connectivity index is 3.00. The zero-order valence-electron chi connectivity index (χ0n) is 7.19. The molecular weight excluding hydrogens is 172 g/mol. The van der Waals surface area contributed by atoms with E-state index < -0.39 is 6.79 Å². The first-order valence-corrected chi connectivity index (χ1v) is 3.68. The number of aldehydes is 1. The fraction of sp³-hybridized carbons (Fsp3) is 0.222. The van der Waals surface area contributed by atoms with Crippen LogP contribution in [-0.4, -0.2) is 25.3 Å². The van der Waals surface area contributed by atoms with E-state index in [-0.39, 0.29) is 0 Å². The van der Waals surface area contributed by atoms with Gasteiger partial charge in [-0.15, -0.1) is 0 Å². The van der Waals surface area contributed by atoms with Crippen molar-refractivity contribution in [2.45, 2.75) is 0 Å². The summed E-state index contributed by atoms with van der Waals surface area (Å²) in [5.41, 5.74) is 0.502. The number of aliphatic hydroxyl groups is 1. The van der Waals surface area contributed by atoms with Crippen LogP contribution in [0.1, 0.15) is 10.4 Å². The Labute approximate surface area is 75.7 Å². The zero-order chi connectivity index (χ0) is 9.68. The first-order chi connectivity index (χ1) is 6.31. The van der Waals surface area contributed by atoms with Crippen LogP contribution in [0.3, 0.4) is 0 Å². The van der Waals surface area contributed by atoms with Crippen LogP contribution in [0.2, 0.25) is 0 Å². The van der Waals surface area contributed by atoms with Crippen LogP contribution < -0.4 is 9.47 Å². The molecule has 70 valence electrons. The smallest absolute Gasteiger partial charge is 0.186 e. The topological polar surface area (TPSA) is 55.8 Å². The molecule has 0 radical (unpaired) electrons. The Morgan fingerprint density at radius 3 is 2.77 bits per heavy atom. The molecule has 0 aromatic heterocycles. The number of carbonyl (C=O) groups excluding carboxylic acids is 1. The van der Waals surface area contributed by atoms with Gasteiger partial charge in [0.15, 0.2) is 18.3 Å². The van der Waals surface area contributed by atoms with Gasteiger partial charge >= 0.3 is 0 Å². The lowest BCUT2D eigenvalue weighted by Crippen LogP contribution is -1.97. The highest BCUT2D eigenvalue weighted by Crippen LogP contribution is 2.27. The number of methoxy groups -OCH3 is 1. The minimum atomic E-state index is -0.420. The molecule has 0 fully saturated rings. The third-order valence-corrected chi connectivity index (χ3v) is 1.54. The van der Waals surface area contributed by atoms with Gasteiger partial charge in [0.2, 0.25) is 0 Å². The molecule has 4 nitrogen and oxygen atoms in total. The van der Waals surface area contributed by atoms with Gasteiger partial charge in [0.05, 0.1) is 7.11 Å². The van der Waals surface area contributed by atoms with Crippen LogP contribution in [0.25, 0.3) is 0 Å². The van der Waals surface area contributed by atoms with Crippen molar-refractivity contribution in [3.63, 3.8) is 0 Å². The summed E-state index contributed by atoms with van der Waals surface area (Å²) < 4.78 is 9.79. The van der Waals surface area contributed by atoms with Gasteiger partial charge in [-0.2, -0.15) is 0 Å². The highest BCUT2D eigenvalue weighted by atomic mass is 16.6. The Morgan fingerprint density at radius 2 is 2.23 bits per heavy atom. The number of benzene rings is 1. The van der Waals surface area contributed by atoms with E-state index in [9.17, 15) is 4.79 Å². The SMILES string of the molecule is COc1cc(C=O)ccc1OCO. The number of aliphatic hydroxyl groups excluding tert-OH is 1. The van der Waals surface area contributed by atoms with Gasteiger partial charge < -0.3 is 14.6 Å². The predicted molar refractivity (Wildman–Crippen MR) is 46.1 cm³/mol. The van der Waals surface area contributed by atoms with Crippen molar-refractivity contribution in [3.8, 4) is 11.5 Å². The molecule has 1 aromatic rings. The first-order valence-electron chi connectivity index (χ1n) is 3.68. The van der Waals surface area contributed by atoms with Crippen molar-refractivity contribution >= 4 is 6.29 Å². The largest absolute Gasteiger partial charge is 0.493 e. The first kappa shape index (κ1) is 9.54. The molecule has 0 aliphatic heterocycles. The van der Waals surface area contributed by atoms with Crippen molar-refractivity contribution in [3.05, 3.63) is 23.8 Å². The molecule has 1 N–H and O–H groups in total. The average Bonchev–Trinajstić information content (AvgIpc) is 2.19. The summed E-state index contributed by atoms with van der Waals surface area (Å²) in [6, 6.07) is 4.69. The molecule has 1 aromatic carbocycles. The third-order valence-electron chi connectivity index (χ3n) is 1.54. The maximum absolute atomic E-state index is 10.4. The molecule has 0 aliphatic carbocycles. The van der Waals surface area contributed by atoms with Gasteiger partial charge in [-0.3, -0.25) is 4.79 Å². The van der Waals surface area contributed by atoms with E-state index in [1.807, 2.05) is 0 Å². The number of hydrogen-bond acceptors (Lipinski definition) is 4. The molecule has 0 unspecified atom stereocenters.